The summed E-state index contributed by atoms with van der Waals surface area (Å²) in [6.07, 6.45) is 3.03. The zero-order chi connectivity index (χ0) is 24.0. The Kier molecular flexibility index (Phi) is 5.76. The molecule has 176 valence electrons. The van der Waals surface area contributed by atoms with Gasteiger partial charge >= 0.3 is 5.97 Å². The highest BCUT2D eigenvalue weighted by Crippen LogP contribution is 2.51. The summed E-state index contributed by atoms with van der Waals surface area (Å²) in [5.41, 5.74) is 3.41. The molecule has 3 aromatic rings. The fraction of sp³-hybridized carbons (Fsp3) is 0.462. The number of anilines is 2. The average molecular weight is 452 g/mol. The molecule has 1 heterocycles. The van der Waals surface area contributed by atoms with Crippen LogP contribution in [0.5, 0.6) is 11.5 Å². The molecule has 7 nitrogen and oxygen atoms in total. The first-order valence-corrected chi connectivity index (χ1v) is 11.3. The lowest BCUT2D eigenvalue weighted by Gasteiger charge is -2.45. The van der Waals surface area contributed by atoms with Gasteiger partial charge in [-0.15, -0.1) is 0 Å². The van der Waals surface area contributed by atoms with Crippen LogP contribution in [0, 0.1) is 10.8 Å². The van der Waals surface area contributed by atoms with Crippen molar-refractivity contribution in [2.75, 3.05) is 12.4 Å². The first kappa shape index (κ1) is 23.0. The number of phenols is 1. The monoisotopic (exact) mass is 451 g/mol. The first-order chi connectivity index (χ1) is 15.5. The van der Waals surface area contributed by atoms with Gasteiger partial charge < -0.3 is 24.8 Å². The molecule has 1 fully saturated rings. The number of imidazole rings is 1. The highest BCUT2D eigenvalue weighted by Gasteiger charge is 2.40. The fourth-order valence-electron chi connectivity index (χ4n) is 5.76. The number of hydrogen-bond donors (Lipinski definition) is 3. The number of aliphatic carboxylic acids is 1. The second kappa shape index (κ2) is 8.28. The minimum Gasteiger partial charge on any atom is -0.508 e. The van der Waals surface area contributed by atoms with E-state index in [1.54, 1.807) is 19.2 Å². The normalized spacial score (nSPS) is 17.7. The number of nitrogens with one attached hydrogen (secondary N) is 1. The number of benzene rings is 2. The highest BCUT2D eigenvalue weighted by atomic mass is 16.5. The maximum Gasteiger partial charge on any atom is 0.307 e. The van der Waals surface area contributed by atoms with Crippen molar-refractivity contribution in [3.05, 3.63) is 42.0 Å². The third-order valence-corrected chi connectivity index (χ3v) is 6.46. The molecule has 0 radical (unpaired) electrons. The fourth-order valence-corrected chi connectivity index (χ4v) is 5.76. The van der Waals surface area contributed by atoms with Crippen molar-refractivity contribution in [2.24, 2.45) is 10.8 Å². The van der Waals surface area contributed by atoms with Crippen LogP contribution < -0.4 is 10.1 Å². The summed E-state index contributed by atoms with van der Waals surface area (Å²) in [5.74, 6) is 0.540. The molecule has 0 unspecified atom stereocenters. The molecule has 2 aromatic carbocycles. The molecule has 0 amide bonds. The predicted molar refractivity (Wildman–Crippen MR) is 129 cm³/mol. The van der Waals surface area contributed by atoms with Gasteiger partial charge in [-0.1, -0.05) is 27.7 Å². The number of rotatable bonds is 6. The van der Waals surface area contributed by atoms with Gasteiger partial charge in [0.05, 0.1) is 24.6 Å². The largest absolute Gasteiger partial charge is 0.508 e. The first-order valence-electron chi connectivity index (χ1n) is 11.3. The lowest BCUT2D eigenvalue weighted by atomic mass is 9.63. The maximum atomic E-state index is 11.4. The van der Waals surface area contributed by atoms with Crippen LogP contribution in [0.25, 0.3) is 11.0 Å². The number of hydrogen-bond acceptors (Lipinski definition) is 5. The molecule has 0 aliphatic heterocycles. The molecular weight excluding hydrogens is 418 g/mol. The molecule has 1 aromatic heterocycles. The lowest BCUT2D eigenvalue weighted by molar-refractivity contribution is -0.136. The third-order valence-electron chi connectivity index (χ3n) is 6.46. The van der Waals surface area contributed by atoms with E-state index in [2.05, 4.69) is 37.6 Å². The molecule has 0 bridgehead atoms. The van der Waals surface area contributed by atoms with Crippen LogP contribution in [0.2, 0.25) is 0 Å². The van der Waals surface area contributed by atoms with Crippen LogP contribution in [-0.2, 0) is 11.2 Å². The van der Waals surface area contributed by atoms with Gasteiger partial charge in [0.2, 0.25) is 5.95 Å². The minimum atomic E-state index is -0.912. The number of carboxylic acids is 1. The molecule has 1 saturated carbocycles. The Morgan fingerprint density at radius 3 is 2.36 bits per heavy atom. The summed E-state index contributed by atoms with van der Waals surface area (Å²) in [5, 5.41) is 22.4. The van der Waals surface area contributed by atoms with Gasteiger partial charge in [-0.25, -0.2) is 4.98 Å². The van der Waals surface area contributed by atoms with Crippen LogP contribution in [-0.4, -0.2) is 32.8 Å². The Balaban J connectivity index is 1.88. The van der Waals surface area contributed by atoms with Gasteiger partial charge in [0, 0.05) is 23.4 Å². The zero-order valence-electron chi connectivity index (χ0n) is 20.0. The number of phenolic OH excluding ortho intramolecular Hbond substituents is 1. The van der Waals surface area contributed by atoms with E-state index >= 15 is 0 Å². The van der Waals surface area contributed by atoms with Crippen LogP contribution in [0.3, 0.4) is 0 Å². The van der Waals surface area contributed by atoms with Gasteiger partial charge in [0.25, 0.3) is 0 Å². The Morgan fingerprint density at radius 2 is 1.79 bits per heavy atom. The van der Waals surface area contributed by atoms with Gasteiger partial charge in [0.1, 0.15) is 11.5 Å². The van der Waals surface area contributed by atoms with E-state index in [1.165, 1.54) is 0 Å². The highest BCUT2D eigenvalue weighted by molar-refractivity contribution is 5.84. The number of fused-ring (bicyclic) bond motifs is 1. The molecule has 0 saturated heterocycles. The number of ether oxygens (including phenoxy) is 1. The van der Waals surface area contributed by atoms with E-state index in [0.717, 1.165) is 36.0 Å². The van der Waals surface area contributed by atoms with E-state index in [4.69, 9.17) is 9.72 Å². The van der Waals surface area contributed by atoms with E-state index in [0.29, 0.717) is 17.3 Å². The van der Waals surface area contributed by atoms with Crippen LogP contribution >= 0.6 is 0 Å². The SMILES string of the molecule is COc1cc2c(cc1CC(=O)O)nc(Nc1ccc(O)cc1)n2C1CC(C)(C)CC(C)(C)C1. The molecule has 1 aliphatic carbocycles. The van der Waals surface area contributed by atoms with E-state index < -0.39 is 5.97 Å². The standard InChI is InChI=1S/C26H33N3O4/c1-25(2)13-18(14-26(3,4)15-25)29-21-12-22(33-5)16(11-23(31)32)10-20(21)28-24(29)27-17-6-8-19(30)9-7-17/h6-10,12,18,30H,11,13-15H2,1-5H3,(H,27,28)(H,31,32). The van der Waals surface area contributed by atoms with Crippen molar-refractivity contribution < 1.29 is 19.7 Å². The molecule has 1 aliphatic rings. The minimum absolute atomic E-state index is 0.129. The summed E-state index contributed by atoms with van der Waals surface area (Å²) in [4.78, 5) is 16.3. The number of aromatic nitrogens is 2. The summed E-state index contributed by atoms with van der Waals surface area (Å²) < 4.78 is 7.81. The van der Waals surface area contributed by atoms with Gasteiger partial charge in [-0.2, -0.15) is 0 Å². The summed E-state index contributed by atoms with van der Waals surface area (Å²) in [6, 6.07) is 10.8. The van der Waals surface area contributed by atoms with E-state index in [1.807, 2.05) is 24.3 Å². The molecule has 3 N–H and O–H groups in total. The molecule has 7 heteroatoms. The Hall–Kier alpha value is -3.22. The summed E-state index contributed by atoms with van der Waals surface area (Å²) in [7, 11) is 1.57. The van der Waals surface area contributed by atoms with Crippen molar-refractivity contribution in [2.45, 2.75) is 59.4 Å². The second-order valence-electron chi connectivity index (χ2n) is 10.8. The van der Waals surface area contributed by atoms with Crippen LogP contribution in [0.15, 0.2) is 36.4 Å². The van der Waals surface area contributed by atoms with Crippen molar-refractivity contribution in [3.8, 4) is 11.5 Å². The maximum absolute atomic E-state index is 11.4. The van der Waals surface area contributed by atoms with Crippen molar-refractivity contribution in [1.29, 1.82) is 0 Å². The molecule has 4 rings (SSSR count). The van der Waals surface area contributed by atoms with Gasteiger partial charge in [0.15, 0.2) is 0 Å². The van der Waals surface area contributed by atoms with Crippen LogP contribution in [0.1, 0.15) is 58.6 Å². The molecule has 0 spiro atoms. The number of nitrogens with zero attached hydrogens (tertiary/aromatic N) is 2. The molecule has 33 heavy (non-hydrogen) atoms. The summed E-state index contributed by atoms with van der Waals surface area (Å²) >= 11 is 0. The second-order valence-corrected chi connectivity index (χ2v) is 10.8. The van der Waals surface area contributed by atoms with Crippen molar-refractivity contribution in [3.63, 3.8) is 0 Å². The predicted octanol–water partition coefficient (Wildman–Crippen LogP) is 5.90. The zero-order valence-corrected chi connectivity index (χ0v) is 20.0. The molecule has 0 atom stereocenters. The third kappa shape index (κ3) is 4.92. The summed E-state index contributed by atoms with van der Waals surface area (Å²) in [6.45, 7) is 9.27. The number of carbonyl (C=O) groups is 1. The number of methoxy groups -OCH3 is 1. The average Bonchev–Trinajstić information content (AvgIpc) is 3.03. The molecular formula is C26H33N3O4. The van der Waals surface area contributed by atoms with E-state index in [9.17, 15) is 15.0 Å². The van der Waals surface area contributed by atoms with Gasteiger partial charge in [-0.3, -0.25) is 4.79 Å². The van der Waals surface area contributed by atoms with Crippen molar-refractivity contribution in [1.82, 2.24) is 9.55 Å². The van der Waals surface area contributed by atoms with Crippen molar-refractivity contribution >= 4 is 28.6 Å². The number of carboxylic acid groups (broad SMARTS) is 1. The Morgan fingerprint density at radius 1 is 1.15 bits per heavy atom. The number of aromatic hydroxyl groups is 1. The quantitative estimate of drug-likeness (QED) is 0.404. The topological polar surface area (TPSA) is 96.6 Å². The smallest absolute Gasteiger partial charge is 0.307 e. The lowest BCUT2D eigenvalue weighted by Crippen LogP contribution is -2.35. The van der Waals surface area contributed by atoms with Crippen LogP contribution in [0.4, 0.5) is 11.6 Å². The Bertz CT molecular complexity index is 1160. The Labute approximate surface area is 194 Å². The van der Waals surface area contributed by atoms with Gasteiger partial charge in [-0.05, 0) is 60.4 Å². The van der Waals surface area contributed by atoms with E-state index in [-0.39, 0.29) is 29.0 Å².